The third-order valence-corrected chi connectivity index (χ3v) is 4.68. The number of hydrogen-bond acceptors (Lipinski definition) is 2. The van der Waals surface area contributed by atoms with E-state index in [0.717, 1.165) is 12.5 Å². The number of rotatable bonds is 4. The SMILES string of the molecule is c1cc(C2CCNC2)ccc1CCN1CCCCC1. The van der Waals surface area contributed by atoms with E-state index in [2.05, 4.69) is 34.5 Å². The van der Waals surface area contributed by atoms with Crippen molar-refractivity contribution in [2.45, 2.75) is 38.0 Å². The van der Waals surface area contributed by atoms with Crippen LogP contribution in [-0.4, -0.2) is 37.6 Å². The molecule has 1 aromatic carbocycles. The normalized spacial score (nSPS) is 24.7. The number of hydrogen-bond donors (Lipinski definition) is 1. The zero-order chi connectivity index (χ0) is 12.9. The topological polar surface area (TPSA) is 15.3 Å². The molecule has 1 atom stereocenters. The van der Waals surface area contributed by atoms with Crippen molar-refractivity contribution < 1.29 is 0 Å². The summed E-state index contributed by atoms with van der Waals surface area (Å²) in [5.41, 5.74) is 3.02. The predicted molar refractivity (Wildman–Crippen MR) is 80.7 cm³/mol. The molecule has 0 radical (unpaired) electrons. The summed E-state index contributed by atoms with van der Waals surface area (Å²) in [5.74, 6) is 0.746. The first-order valence-electron chi connectivity index (χ1n) is 7.94. The molecule has 0 amide bonds. The molecule has 2 heterocycles. The van der Waals surface area contributed by atoms with Crippen LogP contribution in [0.3, 0.4) is 0 Å². The van der Waals surface area contributed by atoms with Crippen LogP contribution in [0, 0.1) is 0 Å². The van der Waals surface area contributed by atoms with E-state index in [1.165, 1.54) is 69.4 Å². The Bertz CT molecular complexity index is 373. The lowest BCUT2D eigenvalue weighted by Gasteiger charge is -2.26. The summed E-state index contributed by atoms with van der Waals surface area (Å²) >= 11 is 0. The summed E-state index contributed by atoms with van der Waals surface area (Å²) in [5, 5.41) is 3.45. The van der Waals surface area contributed by atoms with Crippen LogP contribution in [0.15, 0.2) is 24.3 Å². The molecule has 0 aliphatic carbocycles. The molecule has 2 heteroatoms. The van der Waals surface area contributed by atoms with Crippen LogP contribution in [0.25, 0.3) is 0 Å². The number of piperidine rings is 1. The quantitative estimate of drug-likeness (QED) is 0.893. The first kappa shape index (κ1) is 13.1. The third kappa shape index (κ3) is 3.58. The molecule has 2 aliphatic heterocycles. The minimum atomic E-state index is 0.746. The van der Waals surface area contributed by atoms with E-state index >= 15 is 0 Å². The maximum Gasteiger partial charge on any atom is 0.00218 e. The van der Waals surface area contributed by atoms with Gasteiger partial charge in [0.1, 0.15) is 0 Å². The van der Waals surface area contributed by atoms with Crippen LogP contribution < -0.4 is 5.32 Å². The lowest BCUT2D eigenvalue weighted by molar-refractivity contribution is 0.231. The third-order valence-electron chi connectivity index (χ3n) is 4.68. The van der Waals surface area contributed by atoms with Crippen molar-refractivity contribution in [1.82, 2.24) is 10.2 Å². The number of nitrogens with zero attached hydrogens (tertiary/aromatic N) is 1. The standard InChI is InChI=1S/C17H26N2/c1-2-11-19(12-3-1)13-9-15-4-6-16(7-5-15)17-8-10-18-14-17/h4-7,17-18H,1-3,8-14H2. The molecule has 0 saturated carbocycles. The Hall–Kier alpha value is -0.860. The predicted octanol–water partition coefficient (Wildman–Crippen LogP) is 2.79. The number of likely N-dealkylation sites (tertiary alicyclic amines) is 1. The zero-order valence-electron chi connectivity index (χ0n) is 11.9. The van der Waals surface area contributed by atoms with Crippen molar-refractivity contribution in [2.24, 2.45) is 0 Å². The monoisotopic (exact) mass is 258 g/mol. The molecule has 1 unspecified atom stereocenters. The lowest BCUT2D eigenvalue weighted by atomic mass is 9.97. The zero-order valence-corrected chi connectivity index (χ0v) is 11.9. The summed E-state index contributed by atoms with van der Waals surface area (Å²) in [6.45, 7) is 6.20. The molecule has 2 nitrogen and oxygen atoms in total. The average Bonchev–Trinajstić information content (AvgIpc) is 3.01. The van der Waals surface area contributed by atoms with Crippen LogP contribution in [0.1, 0.15) is 42.7 Å². The maximum atomic E-state index is 3.45. The highest BCUT2D eigenvalue weighted by Crippen LogP contribution is 2.22. The van der Waals surface area contributed by atoms with Gasteiger partial charge in [0.05, 0.1) is 0 Å². The molecule has 3 rings (SSSR count). The number of benzene rings is 1. The Morgan fingerprint density at radius 3 is 2.53 bits per heavy atom. The first-order chi connectivity index (χ1) is 9.42. The van der Waals surface area contributed by atoms with E-state index < -0.39 is 0 Å². The second-order valence-corrected chi connectivity index (χ2v) is 6.08. The molecule has 1 N–H and O–H groups in total. The minimum Gasteiger partial charge on any atom is -0.316 e. The summed E-state index contributed by atoms with van der Waals surface area (Å²) in [6.07, 6.45) is 6.73. The van der Waals surface area contributed by atoms with Gasteiger partial charge in [-0.2, -0.15) is 0 Å². The summed E-state index contributed by atoms with van der Waals surface area (Å²) in [4.78, 5) is 2.62. The second-order valence-electron chi connectivity index (χ2n) is 6.08. The van der Waals surface area contributed by atoms with E-state index in [9.17, 15) is 0 Å². The Kier molecular flexibility index (Phi) is 4.52. The Labute approximate surface area is 117 Å². The van der Waals surface area contributed by atoms with Crippen molar-refractivity contribution in [3.8, 4) is 0 Å². The molecule has 0 aromatic heterocycles. The largest absolute Gasteiger partial charge is 0.316 e. The van der Waals surface area contributed by atoms with Gasteiger partial charge in [0, 0.05) is 13.1 Å². The molecule has 0 spiro atoms. The molecule has 1 aromatic rings. The van der Waals surface area contributed by atoms with Gasteiger partial charge >= 0.3 is 0 Å². The number of nitrogens with one attached hydrogen (secondary N) is 1. The fourth-order valence-corrected chi connectivity index (χ4v) is 3.37. The summed E-state index contributed by atoms with van der Waals surface area (Å²) < 4.78 is 0. The highest BCUT2D eigenvalue weighted by atomic mass is 15.1. The van der Waals surface area contributed by atoms with E-state index in [-0.39, 0.29) is 0 Å². The van der Waals surface area contributed by atoms with Gasteiger partial charge in [-0.3, -0.25) is 0 Å². The molecular weight excluding hydrogens is 232 g/mol. The first-order valence-corrected chi connectivity index (χ1v) is 7.94. The van der Waals surface area contributed by atoms with Crippen molar-refractivity contribution in [2.75, 3.05) is 32.7 Å². The smallest absolute Gasteiger partial charge is 0.00218 e. The highest BCUT2D eigenvalue weighted by molar-refractivity contribution is 5.26. The minimum absolute atomic E-state index is 0.746. The molecule has 19 heavy (non-hydrogen) atoms. The van der Waals surface area contributed by atoms with Crippen molar-refractivity contribution >= 4 is 0 Å². The Morgan fingerprint density at radius 2 is 1.84 bits per heavy atom. The van der Waals surface area contributed by atoms with Crippen LogP contribution in [0.4, 0.5) is 0 Å². The van der Waals surface area contributed by atoms with Gasteiger partial charge in [-0.05, 0) is 62.4 Å². The van der Waals surface area contributed by atoms with Gasteiger partial charge in [0.2, 0.25) is 0 Å². The Balaban J connectivity index is 1.50. The van der Waals surface area contributed by atoms with Crippen LogP contribution >= 0.6 is 0 Å². The van der Waals surface area contributed by atoms with Crippen molar-refractivity contribution in [3.63, 3.8) is 0 Å². The molecule has 2 aliphatic rings. The van der Waals surface area contributed by atoms with E-state index in [1.807, 2.05) is 0 Å². The van der Waals surface area contributed by atoms with Crippen LogP contribution in [-0.2, 0) is 6.42 Å². The van der Waals surface area contributed by atoms with Gasteiger partial charge in [0.15, 0.2) is 0 Å². The van der Waals surface area contributed by atoms with Crippen molar-refractivity contribution in [3.05, 3.63) is 35.4 Å². The van der Waals surface area contributed by atoms with E-state index in [1.54, 1.807) is 0 Å². The van der Waals surface area contributed by atoms with Crippen LogP contribution in [0.5, 0.6) is 0 Å². The fourth-order valence-electron chi connectivity index (χ4n) is 3.37. The van der Waals surface area contributed by atoms with Gasteiger partial charge in [-0.1, -0.05) is 30.7 Å². The highest BCUT2D eigenvalue weighted by Gasteiger charge is 2.16. The van der Waals surface area contributed by atoms with E-state index in [0.29, 0.717) is 0 Å². The summed E-state index contributed by atoms with van der Waals surface area (Å²) in [7, 11) is 0. The Morgan fingerprint density at radius 1 is 1.05 bits per heavy atom. The van der Waals surface area contributed by atoms with Gasteiger partial charge < -0.3 is 10.2 Å². The lowest BCUT2D eigenvalue weighted by Crippen LogP contribution is -2.31. The van der Waals surface area contributed by atoms with Gasteiger partial charge in [-0.25, -0.2) is 0 Å². The van der Waals surface area contributed by atoms with Crippen molar-refractivity contribution in [1.29, 1.82) is 0 Å². The molecular formula is C17H26N2. The average molecular weight is 258 g/mol. The second kappa shape index (κ2) is 6.53. The molecule has 0 bridgehead atoms. The maximum absolute atomic E-state index is 3.45. The molecule has 104 valence electrons. The fraction of sp³-hybridized carbons (Fsp3) is 0.647. The molecule has 2 fully saturated rings. The van der Waals surface area contributed by atoms with Gasteiger partial charge in [-0.15, -0.1) is 0 Å². The molecule has 2 saturated heterocycles. The van der Waals surface area contributed by atoms with Gasteiger partial charge in [0.25, 0.3) is 0 Å². The van der Waals surface area contributed by atoms with E-state index in [4.69, 9.17) is 0 Å². The van der Waals surface area contributed by atoms with Crippen LogP contribution in [0.2, 0.25) is 0 Å². The summed E-state index contributed by atoms with van der Waals surface area (Å²) in [6, 6.07) is 9.39.